The van der Waals surface area contributed by atoms with Crippen LogP contribution in [0.4, 0.5) is 4.79 Å². The molecule has 6 nitrogen and oxygen atoms in total. The van der Waals surface area contributed by atoms with E-state index in [9.17, 15) is 9.90 Å². The van der Waals surface area contributed by atoms with Gasteiger partial charge in [-0.05, 0) is 64.6 Å². The SMILES string of the molecule is CCCC(c1ccc(B2OC(C)(C)C(C)(C)O2)cc1)N1CC[C@](CC(C)(C)O)(c2ccccc2)OC1=O. The lowest BCUT2D eigenvalue weighted by molar-refractivity contribution is -0.102. The Bertz CT molecular complexity index is 1060. The number of cyclic esters (lactones) is 1. The van der Waals surface area contributed by atoms with Gasteiger partial charge >= 0.3 is 13.2 Å². The second kappa shape index (κ2) is 10.1. The zero-order valence-corrected chi connectivity index (χ0v) is 23.4. The summed E-state index contributed by atoms with van der Waals surface area (Å²) in [5.41, 5.74) is 0.319. The zero-order valence-electron chi connectivity index (χ0n) is 23.4. The van der Waals surface area contributed by atoms with Crippen LogP contribution >= 0.6 is 0 Å². The van der Waals surface area contributed by atoms with Crippen molar-refractivity contribution in [3.05, 3.63) is 65.7 Å². The number of hydrogen-bond acceptors (Lipinski definition) is 5. The van der Waals surface area contributed by atoms with Crippen molar-refractivity contribution in [3.8, 4) is 0 Å². The first-order valence-electron chi connectivity index (χ1n) is 13.5. The standard InChI is InChI=1S/C30H42BNO5/c1-8-12-25(22-15-17-24(18-16-22)31-36-28(4,5)29(6,7)37-31)32-20-19-30(35-26(32)33,21-27(2,3)34)23-13-10-9-11-14-23/h9-11,13-18,25,34H,8,12,19-21H2,1-7H3/t25?,30-/m0/s1. The van der Waals surface area contributed by atoms with Gasteiger partial charge in [-0.3, -0.25) is 0 Å². The van der Waals surface area contributed by atoms with Gasteiger partial charge in [-0.1, -0.05) is 67.9 Å². The Kier molecular flexibility index (Phi) is 7.55. The zero-order chi connectivity index (χ0) is 27.1. The smallest absolute Gasteiger partial charge is 0.438 e. The maximum absolute atomic E-state index is 13.6. The van der Waals surface area contributed by atoms with Gasteiger partial charge in [0.1, 0.15) is 5.60 Å². The molecule has 2 aromatic carbocycles. The van der Waals surface area contributed by atoms with Crippen molar-refractivity contribution in [3.63, 3.8) is 0 Å². The Morgan fingerprint density at radius 3 is 2.11 bits per heavy atom. The summed E-state index contributed by atoms with van der Waals surface area (Å²) in [5.74, 6) is 0. The summed E-state index contributed by atoms with van der Waals surface area (Å²) in [6.07, 6.45) is 2.37. The molecule has 0 radical (unpaired) electrons. The Hall–Kier alpha value is -2.35. The maximum Gasteiger partial charge on any atom is 0.494 e. The monoisotopic (exact) mass is 507 g/mol. The highest BCUT2D eigenvalue weighted by Crippen LogP contribution is 2.43. The van der Waals surface area contributed by atoms with Crippen LogP contribution in [0.5, 0.6) is 0 Å². The van der Waals surface area contributed by atoms with Crippen LogP contribution in [0.2, 0.25) is 0 Å². The quantitative estimate of drug-likeness (QED) is 0.463. The molecule has 0 spiro atoms. The maximum atomic E-state index is 13.6. The van der Waals surface area contributed by atoms with Gasteiger partial charge in [0.25, 0.3) is 0 Å². The van der Waals surface area contributed by atoms with E-state index in [4.69, 9.17) is 14.0 Å². The van der Waals surface area contributed by atoms with Crippen molar-refractivity contribution in [2.45, 2.75) is 103 Å². The first kappa shape index (κ1) is 27.7. The Labute approximate surface area is 222 Å². The number of nitrogens with zero attached hydrogens (tertiary/aromatic N) is 1. The minimum atomic E-state index is -0.982. The molecule has 200 valence electrons. The van der Waals surface area contributed by atoms with Crippen LogP contribution in [-0.2, 0) is 19.6 Å². The van der Waals surface area contributed by atoms with E-state index in [1.807, 2.05) is 75.1 Å². The van der Waals surface area contributed by atoms with Gasteiger partial charge in [0.2, 0.25) is 0 Å². The molecule has 2 aromatic rings. The summed E-state index contributed by atoms with van der Waals surface area (Å²) in [4.78, 5) is 15.4. The molecule has 1 unspecified atom stereocenters. The summed E-state index contributed by atoms with van der Waals surface area (Å²) in [6, 6.07) is 17.9. The van der Waals surface area contributed by atoms with Crippen LogP contribution in [0, 0.1) is 0 Å². The highest BCUT2D eigenvalue weighted by molar-refractivity contribution is 6.62. The van der Waals surface area contributed by atoms with E-state index in [1.54, 1.807) is 13.8 Å². The molecule has 0 aromatic heterocycles. The van der Waals surface area contributed by atoms with Gasteiger partial charge in [-0.25, -0.2) is 4.79 Å². The second-order valence-electron chi connectivity index (χ2n) is 12.2. The summed E-state index contributed by atoms with van der Waals surface area (Å²) < 4.78 is 18.7. The van der Waals surface area contributed by atoms with E-state index in [1.165, 1.54) is 0 Å². The topological polar surface area (TPSA) is 68.2 Å². The van der Waals surface area contributed by atoms with Crippen LogP contribution in [0.1, 0.15) is 91.3 Å². The molecule has 2 aliphatic heterocycles. The van der Waals surface area contributed by atoms with E-state index in [-0.39, 0.29) is 12.1 Å². The van der Waals surface area contributed by atoms with Crippen LogP contribution in [0.15, 0.2) is 54.6 Å². The van der Waals surface area contributed by atoms with E-state index in [2.05, 4.69) is 19.1 Å². The van der Waals surface area contributed by atoms with Crippen molar-refractivity contribution in [2.75, 3.05) is 6.54 Å². The fourth-order valence-electron chi connectivity index (χ4n) is 5.45. The molecule has 2 fully saturated rings. The predicted molar refractivity (Wildman–Crippen MR) is 147 cm³/mol. The lowest BCUT2D eigenvalue weighted by Crippen LogP contribution is -2.51. The Morgan fingerprint density at radius 1 is 1.00 bits per heavy atom. The molecule has 1 amide bonds. The minimum absolute atomic E-state index is 0.0965. The molecule has 0 saturated carbocycles. The molecule has 2 atom stereocenters. The molecule has 0 bridgehead atoms. The fourth-order valence-corrected chi connectivity index (χ4v) is 5.45. The summed E-state index contributed by atoms with van der Waals surface area (Å²) >= 11 is 0. The number of hydrogen-bond donors (Lipinski definition) is 1. The third kappa shape index (κ3) is 5.74. The average Bonchev–Trinajstić information content (AvgIpc) is 3.04. The van der Waals surface area contributed by atoms with Gasteiger partial charge in [-0.2, -0.15) is 0 Å². The number of benzene rings is 2. The Morgan fingerprint density at radius 2 is 1.59 bits per heavy atom. The summed E-state index contributed by atoms with van der Waals surface area (Å²) in [5, 5.41) is 10.7. The van der Waals surface area contributed by atoms with Gasteiger partial charge in [0.15, 0.2) is 0 Å². The van der Waals surface area contributed by atoms with Crippen molar-refractivity contribution >= 4 is 18.7 Å². The van der Waals surface area contributed by atoms with Crippen molar-refractivity contribution in [1.82, 2.24) is 4.90 Å². The second-order valence-corrected chi connectivity index (χ2v) is 12.2. The fraction of sp³-hybridized carbons (Fsp3) is 0.567. The van der Waals surface area contributed by atoms with E-state index in [0.29, 0.717) is 19.4 Å². The molecule has 2 heterocycles. The van der Waals surface area contributed by atoms with E-state index >= 15 is 0 Å². The van der Waals surface area contributed by atoms with Gasteiger partial charge < -0.3 is 24.1 Å². The summed E-state index contributed by atoms with van der Waals surface area (Å²) in [7, 11) is -0.419. The normalized spacial score (nSPS) is 24.2. The predicted octanol–water partition coefficient (Wildman–Crippen LogP) is 5.73. The highest BCUT2D eigenvalue weighted by atomic mass is 16.7. The van der Waals surface area contributed by atoms with Crippen LogP contribution in [0.25, 0.3) is 0 Å². The van der Waals surface area contributed by atoms with Crippen molar-refractivity contribution in [1.29, 1.82) is 0 Å². The van der Waals surface area contributed by atoms with Crippen molar-refractivity contribution < 1.29 is 23.9 Å². The molecule has 1 N–H and O–H groups in total. The molecule has 0 aliphatic carbocycles. The lowest BCUT2D eigenvalue weighted by Gasteiger charge is -2.46. The molecular weight excluding hydrogens is 465 g/mol. The van der Waals surface area contributed by atoms with Crippen molar-refractivity contribution in [2.24, 2.45) is 0 Å². The molecule has 37 heavy (non-hydrogen) atoms. The molecular formula is C30H42BNO5. The number of aliphatic hydroxyl groups is 1. The minimum Gasteiger partial charge on any atom is -0.438 e. The number of carbonyl (C=O) groups is 1. The largest absolute Gasteiger partial charge is 0.494 e. The first-order chi connectivity index (χ1) is 17.3. The average molecular weight is 507 g/mol. The molecule has 2 saturated heterocycles. The number of carbonyl (C=O) groups excluding carboxylic acids is 1. The lowest BCUT2D eigenvalue weighted by atomic mass is 9.78. The number of amides is 1. The first-order valence-corrected chi connectivity index (χ1v) is 13.5. The number of rotatable bonds is 8. The van der Waals surface area contributed by atoms with E-state index < -0.39 is 29.5 Å². The third-order valence-electron chi connectivity index (χ3n) is 8.08. The van der Waals surface area contributed by atoms with E-state index in [0.717, 1.165) is 29.4 Å². The highest BCUT2D eigenvalue weighted by Gasteiger charge is 2.52. The van der Waals surface area contributed by atoms with Crippen LogP contribution in [-0.4, -0.2) is 46.6 Å². The Balaban J connectivity index is 1.55. The third-order valence-corrected chi connectivity index (χ3v) is 8.08. The number of ether oxygens (including phenoxy) is 1. The van der Waals surface area contributed by atoms with Gasteiger partial charge in [0, 0.05) is 19.4 Å². The van der Waals surface area contributed by atoms with Gasteiger partial charge in [0.05, 0.1) is 22.8 Å². The molecule has 7 heteroatoms. The molecule has 4 rings (SSSR count). The summed E-state index contributed by atoms with van der Waals surface area (Å²) in [6.45, 7) is 14.4. The van der Waals surface area contributed by atoms with Crippen LogP contribution in [0.3, 0.4) is 0 Å². The van der Waals surface area contributed by atoms with Crippen LogP contribution < -0.4 is 5.46 Å². The van der Waals surface area contributed by atoms with Gasteiger partial charge in [-0.15, -0.1) is 0 Å². The molecule has 2 aliphatic rings.